The second kappa shape index (κ2) is 1.99. The van der Waals surface area contributed by atoms with Crippen molar-refractivity contribution in [1.29, 1.82) is 0 Å². The molecule has 0 N–H and O–H groups in total. The lowest BCUT2D eigenvalue weighted by molar-refractivity contribution is 1.71. The van der Waals surface area contributed by atoms with Crippen LogP contribution in [0.15, 0.2) is 30.3 Å². The van der Waals surface area contributed by atoms with Gasteiger partial charge in [0, 0.05) is 5.02 Å². The van der Waals surface area contributed by atoms with E-state index in [9.17, 15) is 0 Å². The molecular formula is C6H5Cl. The van der Waals surface area contributed by atoms with Crippen molar-refractivity contribution in [2.45, 2.75) is 0 Å². The van der Waals surface area contributed by atoms with Gasteiger partial charge in [-0.3, -0.25) is 0 Å². The standard InChI is InChI=1S/C6H5Cl/c7-6-4-2-1-3-5-6/h1-5H/i6+1. The highest BCUT2D eigenvalue weighted by Gasteiger charge is 1.74. The van der Waals surface area contributed by atoms with E-state index in [1.165, 1.54) is 0 Å². The van der Waals surface area contributed by atoms with E-state index in [1.54, 1.807) is 0 Å². The Morgan fingerprint density at radius 1 is 1.00 bits per heavy atom. The van der Waals surface area contributed by atoms with Gasteiger partial charge in [0.2, 0.25) is 0 Å². The average molecular weight is 114 g/mol. The molecule has 0 radical (unpaired) electrons. The maximum atomic E-state index is 5.54. The molecule has 0 saturated heterocycles. The maximum Gasteiger partial charge on any atom is 0.0405 e. The van der Waals surface area contributed by atoms with Crippen LogP contribution in [0.4, 0.5) is 0 Å². The van der Waals surface area contributed by atoms with Crippen LogP contribution in [0.1, 0.15) is 0 Å². The second-order valence-corrected chi connectivity index (χ2v) is 1.73. The molecule has 0 aromatic heterocycles. The van der Waals surface area contributed by atoms with Crippen LogP contribution < -0.4 is 0 Å². The zero-order valence-electron chi connectivity index (χ0n) is 3.76. The van der Waals surface area contributed by atoms with Gasteiger partial charge in [0.25, 0.3) is 0 Å². The molecule has 0 saturated carbocycles. The minimum Gasteiger partial charge on any atom is -0.0843 e. The number of halogens is 1. The lowest BCUT2D eigenvalue weighted by Gasteiger charge is -1.80. The van der Waals surface area contributed by atoms with E-state index in [1.807, 2.05) is 30.3 Å². The molecule has 0 aliphatic rings. The summed E-state index contributed by atoms with van der Waals surface area (Å²) in [5, 5.41) is 0.794. The normalized spacial score (nSPS) is 8.71. The van der Waals surface area contributed by atoms with E-state index in [-0.39, 0.29) is 0 Å². The van der Waals surface area contributed by atoms with Crippen molar-refractivity contribution in [1.82, 2.24) is 0 Å². The van der Waals surface area contributed by atoms with E-state index in [4.69, 9.17) is 11.6 Å². The molecule has 0 spiro atoms. The molecule has 0 bridgehead atoms. The molecule has 1 heteroatoms. The van der Waals surface area contributed by atoms with Crippen LogP contribution in [0.3, 0.4) is 0 Å². The summed E-state index contributed by atoms with van der Waals surface area (Å²) in [5.41, 5.74) is 0. The fourth-order valence-corrected chi connectivity index (χ4v) is 0.560. The third-order valence-corrected chi connectivity index (χ3v) is 0.985. The molecule has 0 unspecified atom stereocenters. The second-order valence-electron chi connectivity index (χ2n) is 1.30. The Hall–Kier alpha value is -0.490. The highest BCUT2D eigenvalue weighted by Crippen LogP contribution is 2.03. The molecule has 1 aromatic rings. The summed E-state index contributed by atoms with van der Waals surface area (Å²) in [6.07, 6.45) is 0. The predicted octanol–water partition coefficient (Wildman–Crippen LogP) is 2.34. The van der Waals surface area contributed by atoms with E-state index >= 15 is 0 Å². The summed E-state index contributed by atoms with van der Waals surface area (Å²) < 4.78 is 0. The van der Waals surface area contributed by atoms with E-state index in [2.05, 4.69) is 0 Å². The average Bonchev–Trinajstić information content (AvgIpc) is 1.69. The molecule has 0 nitrogen and oxygen atoms in total. The first-order chi connectivity index (χ1) is 3.39. The van der Waals surface area contributed by atoms with Crippen LogP contribution in [0.25, 0.3) is 0 Å². The Morgan fingerprint density at radius 3 is 1.86 bits per heavy atom. The van der Waals surface area contributed by atoms with Crippen LogP contribution in [0.5, 0.6) is 0 Å². The molecular weight excluding hydrogens is 109 g/mol. The SMILES string of the molecule is Cl[13c]1ccccc1. The Bertz CT molecular complexity index is 134. The molecule has 0 aliphatic carbocycles. The molecule has 36 valence electrons. The molecule has 0 heterocycles. The van der Waals surface area contributed by atoms with Crippen molar-refractivity contribution in [2.24, 2.45) is 0 Å². The third kappa shape index (κ3) is 1.20. The van der Waals surface area contributed by atoms with Crippen LogP contribution in [-0.4, -0.2) is 0 Å². The largest absolute Gasteiger partial charge is 0.0843 e. The fraction of sp³-hybridized carbons (Fsp3) is 0. The molecule has 0 amide bonds. The number of benzene rings is 1. The van der Waals surface area contributed by atoms with E-state index in [0.29, 0.717) is 0 Å². The van der Waals surface area contributed by atoms with Gasteiger partial charge in [0.15, 0.2) is 0 Å². The first kappa shape index (κ1) is 4.66. The van der Waals surface area contributed by atoms with Gasteiger partial charge in [0.05, 0.1) is 0 Å². The number of hydrogen-bond acceptors (Lipinski definition) is 0. The third-order valence-electron chi connectivity index (χ3n) is 0.733. The quantitative estimate of drug-likeness (QED) is 0.485. The summed E-state index contributed by atoms with van der Waals surface area (Å²) in [7, 11) is 0. The Balaban J connectivity index is 3.02. The first-order valence-electron chi connectivity index (χ1n) is 2.10. The summed E-state index contributed by atoms with van der Waals surface area (Å²) in [6, 6.07) is 9.44. The maximum absolute atomic E-state index is 5.54. The summed E-state index contributed by atoms with van der Waals surface area (Å²) >= 11 is 5.54. The van der Waals surface area contributed by atoms with Crippen molar-refractivity contribution >= 4 is 11.6 Å². The Morgan fingerprint density at radius 2 is 1.57 bits per heavy atom. The summed E-state index contributed by atoms with van der Waals surface area (Å²) in [5.74, 6) is 0. The van der Waals surface area contributed by atoms with E-state index < -0.39 is 0 Å². The lowest BCUT2D eigenvalue weighted by atomic mass is 10.5. The lowest BCUT2D eigenvalue weighted by Crippen LogP contribution is -1.55. The molecule has 0 aliphatic heterocycles. The van der Waals surface area contributed by atoms with Gasteiger partial charge in [-0.05, 0) is 12.1 Å². The first-order valence-corrected chi connectivity index (χ1v) is 2.48. The number of hydrogen-bond donors (Lipinski definition) is 0. The molecule has 1 rings (SSSR count). The van der Waals surface area contributed by atoms with Crippen molar-refractivity contribution in [2.75, 3.05) is 0 Å². The Labute approximate surface area is 47.7 Å². The van der Waals surface area contributed by atoms with Gasteiger partial charge in [-0.15, -0.1) is 0 Å². The molecule has 7 heavy (non-hydrogen) atoms. The molecule has 0 fully saturated rings. The van der Waals surface area contributed by atoms with Gasteiger partial charge >= 0.3 is 0 Å². The minimum atomic E-state index is 0.794. The van der Waals surface area contributed by atoms with Crippen LogP contribution in [0, 0.1) is 0 Å². The van der Waals surface area contributed by atoms with Crippen LogP contribution in [0.2, 0.25) is 5.02 Å². The van der Waals surface area contributed by atoms with Crippen molar-refractivity contribution in [3.8, 4) is 0 Å². The smallest absolute Gasteiger partial charge is 0.0405 e. The fourth-order valence-electron chi connectivity index (χ4n) is 0.415. The summed E-state index contributed by atoms with van der Waals surface area (Å²) in [4.78, 5) is 0. The topological polar surface area (TPSA) is 0 Å². The van der Waals surface area contributed by atoms with Gasteiger partial charge < -0.3 is 0 Å². The highest BCUT2D eigenvalue weighted by molar-refractivity contribution is 6.30. The van der Waals surface area contributed by atoms with Crippen LogP contribution >= 0.6 is 11.6 Å². The van der Waals surface area contributed by atoms with Crippen molar-refractivity contribution in [3.05, 3.63) is 35.4 Å². The minimum absolute atomic E-state index is 0.794. The zero-order valence-corrected chi connectivity index (χ0v) is 4.52. The van der Waals surface area contributed by atoms with Gasteiger partial charge in [0.1, 0.15) is 0 Å². The molecule has 1 aromatic carbocycles. The predicted molar refractivity (Wildman–Crippen MR) is 31.5 cm³/mol. The summed E-state index contributed by atoms with van der Waals surface area (Å²) in [6.45, 7) is 0. The monoisotopic (exact) mass is 113 g/mol. The van der Waals surface area contributed by atoms with Gasteiger partial charge in [-0.1, -0.05) is 29.8 Å². The highest BCUT2D eigenvalue weighted by atomic mass is 35.5. The van der Waals surface area contributed by atoms with Gasteiger partial charge in [-0.2, -0.15) is 0 Å². The van der Waals surface area contributed by atoms with Crippen molar-refractivity contribution in [3.63, 3.8) is 0 Å². The molecule has 0 atom stereocenters. The number of rotatable bonds is 0. The Kier molecular flexibility index (Phi) is 1.32. The van der Waals surface area contributed by atoms with Crippen LogP contribution in [-0.2, 0) is 0 Å². The van der Waals surface area contributed by atoms with E-state index in [0.717, 1.165) is 5.02 Å². The van der Waals surface area contributed by atoms with Crippen molar-refractivity contribution < 1.29 is 0 Å². The zero-order chi connectivity index (χ0) is 5.11. The van der Waals surface area contributed by atoms with Gasteiger partial charge in [-0.25, -0.2) is 0 Å².